The third kappa shape index (κ3) is 1.78. The van der Waals surface area contributed by atoms with Crippen molar-refractivity contribution in [3.8, 4) is 20.9 Å². The molecular weight excluding hydrogens is 464 g/mol. The summed E-state index contributed by atoms with van der Waals surface area (Å²) in [7, 11) is 0. The van der Waals surface area contributed by atoms with Gasteiger partial charge in [-0.25, -0.2) is 0 Å². The van der Waals surface area contributed by atoms with E-state index in [1.807, 2.05) is 22.7 Å². The van der Waals surface area contributed by atoms with Crippen LogP contribution in [-0.4, -0.2) is 0 Å². The van der Waals surface area contributed by atoms with Crippen molar-refractivity contribution in [1.29, 1.82) is 0 Å². The van der Waals surface area contributed by atoms with Crippen molar-refractivity contribution >= 4 is 54.5 Å². The number of benzene rings is 1. The summed E-state index contributed by atoms with van der Waals surface area (Å²) < 4.78 is 2.46. The molecule has 0 fully saturated rings. The Labute approximate surface area is 167 Å². The molecule has 0 spiro atoms. The van der Waals surface area contributed by atoms with Gasteiger partial charge in [-0.15, -0.1) is 22.7 Å². The highest BCUT2D eigenvalue weighted by Gasteiger charge is 2.43. The van der Waals surface area contributed by atoms with Crippen LogP contribution >= 0.6 is 54.5 Å². The fourth-order valence-corrected chi connectivity index (χ4v) is 7.93. The average Bonchev–Trinajstić information content (AvgIpc) is 3.17. The van der Waals surface area contributed by atoms with E-state index in [-0.39, 0.29) is 10.8 Å². The number of hydrogen-bond acceptors (Lipinski definition) is 2. The highest BCUT2D eigenvalue weighted by atomic mass is 79.9. The summed E-state index contributed by atoms with van der Waals surface area (Å²) in [4.78, 5) is 2.88. The van der Waals surface area contributed by atoms with Gasteiger partial charge < -0.3 is 0 Å². The molecule has 0 radical (unpaired) electrons. The van der Waals surface area contributed by atoms with Crippen LogP contribution in [0.25, 0.3) is 20.9 Å². The molecule has 0 bridgehead atoms. The van der Waals surface area contributed by atoms with E-state index in [1.165, 1.54) is 50.7 Å². The monoisotopic (exact) mass is 478 g/mol. The molecule has 122 valence electrons. The Morgan fingerprint density at radius 3 is 1.38 bits per heavy atom. The second-order valence-electron chi connectivity index (χ2n) is 7.78. The molecule has 0 saturated heterocycles. The fraction of sp³-hybridized carbons (Fsp3) is 0.300. The SMILES string of the molecule is CC1(C)c2cc3c(cc2-c2sc(Br)cc21)C(C)(C)c1cc(Br)sc1-3. The Morgan fingerprint density at radius 1 is 0.625 bits per heavy atom. The number of thiophene rings is 2. The van der Waals surface area contributed by atoms with Gasteiger partial charge in [-0.05, 0) is 89.5 Å². The van der Waals surface area contributed by atoms with Crippen molar-refractivity contribution in [3.05, 3.63) is 54.1 Å². The Balaban J connectivity index is 1.86. The van der Waals surface area contributed by atoms with Crippen LogP contribution in [0.15, 0.2) is 31.8 Å². The molecule has 0 nitrogen and oxygen atoms in total. The van der Waals surface area contributed by atoms with E-state index in [2.05, 4.69) is 83.8 Å². The molecule has 2 aromatic heterocycles. The molecule has 0 atom stereocenters. The van der Waals surface area contributed by atoms with Gasteiger partial charge in [0.2, 0.25) is 0 Å². The smallest absolute Gasteiger partial charge is 0.0708 e. The first kappa shape index (κ1) is 15.8. The lowest BCUT2D eigenvalue weighted by Crippen LogP contribution is -2.16. The van der Waals surface area contributed by atoms with Crippen molar-refractivity contribution in [3.63, 3.8) is 0 Å². The Hall–Kier alpha value is -0.420. The maximum Gasteiger partial charge on any atom is 0.0708 e. The minimum absolute atomic E-state index is 0.0730. The van der Waals surface area contributed by atoms with Crippen molar-refractivity contribution in [1.82, 2.24) is 0 Å². The second kappa shape index (κ2) is 4.64. The van der Waals surface area contributed by atoms with Crippen molar-refractivity contribution in [2.45, 2.75) is 38.5 Å². The van der Waals surface area contributed by atoms with Crippen molar-refractivity contribution in [2.24, 2.45) is 0 Å². The quantitative estimate of drug-likeness (QED) is 0.306. The molecule has 4 heteroatoms. The van der Waals surface area contributed by atoms with Crippen LogP contribution < -0.4 is 0 Å². The van der Waals surface area contributed by atoms with Gasteiger partial charge in [-0.3, -0.25) is 0 Å². The molecule has 1 aromatic carbocycles. The van der Waals surface area contributed by atoms with E-state index in [4.69, 9.17) is 0 Å². The summed E-state index contributed by atoms with van der Waals surface area (Å²) in [6, 6.07) is 9.57. The first-order valence-corrected chi connectivity index (χ1v) is 11.2. The Morgan fingerprint density at radius 2 is 1.00 bits per heavy atom. The summed E-state index contributed by atoms with van der Waals surface area (Å²) in [5.41, 5.74) is 8.89. The first-order chi connectivity index (χ1) is 11.2. The maximum absolute atomic E-state index is 3.69. The van der Waals surface area contributed by atoms with Gasteiger partial charge in [0.1, 0.15) is 0 Å². The normalized spacial score (nSPS) is 18.2. The molecule has 2 heterocycles. The van der Waals surface area contributed by atoms with Crippen LogP contribution in [0.4, 0.5) is 0 Å². The minimum Gasteiger partial charge on any atom is -0.128 e. The minimum atomic E-state index is 0.0730. The largest absolute Gasteiger partial charge is 0.128 e. The van der Waals surface area contributed by atoms with Gasteiger partial charge in [0, 0.05) is 20.6 Å². The summed E-state index contributed by atoms with van der Waals surface area (Å²) in [6.07, 6.45) is 0. The molecule has 2 aliphatic rings. The molecule has 0 aliphatic heterocycles. The van der Waals surface area contributed by atoms with Gasteiger partial charge in [0.05, 0.1) is 7.57 Å². The molecule has 3 aromatic rings. The van der Waals surface area contributed by atoms with Crippen molar-refractivity contribution < 1.29 is 0 Å². The second-order valence-corrected chi connectivity index (χ2v) is 12.6. The summed E-state index contributed by atoms with van der Waals surface area (Å²) in [5, 5.41) is 0. The van der Waals surface area contributed by atoms with Crippen molar-refractivity contribution in [2.75, 3.05) is 0 Å². The summed E-state index contributed by atoms with van der Waals surface area (Å²) in [5.74, 6) is 0. The van der Waals surface area contributed by atoms with E-state index in [0.29, 0.717) is 0 Å². The van der Waals surface area contributed by atoms with Gasteiger partial charge in [-0.2, -0.15) is 0 Å². The maximum atomic E-state index is 3.69. The Kier molecular flexibility index (Phi) is 3.06. The Bertz CT molecular complexity index is 950. The molecule has 5 rings (SSSR count). The zero-order valence-electron chi connectivity index (χ0n) is 13.9. The number of halogens is 2. The lowest BCUT2D eigenvalue weighted by molar-refractivity contribution is 0.653. The third-order valence-electron chi connectivity index (χ3n) is 5.74. The molecule has 0 saturated carbocycles. The van der Waals surface area contributed by atoms with E-state index in [0.717, 1.165) is 0 Å². The van der Waals surface area contributed by atoms with Crippen LogP contribution in [0.1, 0.15) is 49.9 Å². The molecule has 24 heavy (non-hydrogen) atoms. The van der Waals surface area contributed by atoms with Gasteiger partial charge in [-0.1, -0.05) is 27.7 Å². The standard InChI is InChI=1S/C20H16Br2S2/c1-19(2)11-5-10-12(6-9(11)17-13(19)7-15(21)23-17)20(3,4)14-8-16(22)24-18(10)14/h5-8H,1-4H3. The van der Waals surface area contributed by atoms with Gasteiger partial charge in [0.25, 0.3) is 0 Å². The van der Waals surface area contributed by atoms with Crippen LogP contribution in [0.2, 0.25) is 0 Å². The molecule has 0 amide bonds. The van der Waals surface area contributed by atoms with E-state index >= 15 is 0 Å². The molecule has 0 unspecified atom stereocenters. The number of hydrogen-bond donors (Lipinski definition) is 0. The average molecular weight is 480 g/mol. The number of fused-ring (bicyclic) bond motifs is 6. The van der Waals surface area contributed by atoms with Crippen LogP contribution in [0.5, 0.6) is 0 Å². The number of rotatable bonds is 0. The predicted molar refractivity (Wildman–Crippen MR) is 113 cm³/mol. The zero-order chi connectivity index (χ0) is 17.0. The van der Waals surface area contributed by atoms with E-state index < -0.39 is 0 Å². The van der Waals surface area contributed by atoms with E-state index in [1.54, 1.807) is 0 Å². The first-order valence-electron chi connectivity index (χ1n) is 8.00. The zero-order valence-corrected chi connectivity index (χ0v) is 18.7. The molecular formula is C20H16Br2S2. The summed E-state index contributed by atoms with van der Waals surface area (Å²) >= 11 is 11.1. The van der Waals surface area contributed by atoms with Gasteiger partial charge in [0.15, 0.2) is 0 Å². The lowest BCUT2D eigenvalue weighted by atomic mass is 9.79. The van der Waals surface area contributed by atoms with Crippen LogP contribution in [0, 0.1) is 0 Å². The fourth-order valence-electron chi connectivity index (χ4n) is 4.35. The highest BCUT2D eigenvalue weighted by Crippen LogP contribution is 2.59. The topological polar surface area (TPSA) is 0 Å². The summed E-state index contributed by atoms with van der Waals surface area (Å²) in [6.45, 7) is 9.42. The highest BCUT2D eigenvalue weighted by molar-refractivity contribution is 9.11. The molecule has 0 N–H and O–H groups in total. The third-order valence-corrected chi connectivity index (χ3v) is 9.09. The lowest BCUT2D eigenvalue weighted by Gasteiger charge is -2.24. The van der Waals surface area contributed by atoms with E-state index in [9.17, 15) is 0 Å². The van der Waals surface area contributed by atoms with Gasteiger partial charge >= 0.3 is 0 Å². The van der Waals surface area contributed by atoms with Crippen LogP contribution in [0.3, 0.4) is 0 Å². The predicted octanol–water partition coefficient (Wildman–Crippen LogP) is 7.95. The molecule has 2 aliphatic carbocycles. The van der Waals surface area contributed by atoms with Crippen LogP contribution in [-0.2, 0) is 10.8 Å².